The summed E-state index contributed by atoms with van der Waals surface area (Å²) in [5.41, 5.74) is 2.98. The van der Waals surface area contributed by atoms with Crippen molar-refractivity contribution in [3.63, 3.8) is 0 Å². The molecule has 1 aliphatic rings. The Kier molecular flexibility index (Phi) is 5.97. The van der Waals surface area contributed by atoms with Gasteiger partial charge in [-0.1, -0.05) is 30.3 Å². The van der Waals surface area contributed by atoms with Crippen LogP contribution < -0.4 is 9.62 Å². The van der Waals surface area contributed by atoms with Gasteiger partial charge in [0.2, 0.25) is 10.0 Å². The molecule has 1 fully saturated rings. The highest BCUT2D eigenvalue weighted by Crippen LogP contribution is 2.22. The number of hydrogen-bond donors (Lipinski definition) is 1. The molecule has 3 rings (SSSR count). The van der Waals surface area contributed by atoms with Crippen LogP contribution in [0.1, 0.15) is 31.2 Å². The Morgan fingerprint density at radius 2 is 1.56 bits per heavy atom. The normalized spacial score (nSPS) is 15.1. The molecule has 1 aliphatic heterocycles. The Morgan fingerprint density at radius 3 is 2.24 bits per heavy atom. The highest BCUT2D eigenvalue weighted by Gasteiger charge is 2.13. The zero-order valence-corrected chi connectivity index (χ0v) is 15.3. The van der Waals surface area contributed by atoms with Crippen molar-refractivity contribution < 1.29 is 8.42 Å². The summed E-state index contributed by atoms with van der Waals surface area (Å²) in [5, 5.41) is 0. The zero-order chi connectivity index (χ0) is 17.5. The Morgan fingerprint density at radius 1 is 0.880 bits per heavy atom. The summed E-state index contributed by atoms with van der Waals surface area (Å²) in [6.07, 6.45) is 5.16. The van der Waals surface area contributed by atoms with Gasteiger partial charge in [-0.05, 0) is 61.9 Å². The minimum Gasteiger partial charge on any atom is -0.372 e. The number of nitrogens with zero attached hydrogens (tertiary/aromatic N) is 1. The van der Waals surface area contributed by atoms with Crippen LogP contribution in [0.15, 0.2) is 54.6 Å². The van der Waals surface area contributed by atoms with Crippen molar-refractivity contribution in [3.8, 4) is 0 Å². The molecule has 2 aromatic carbocycles. The molecule has 0 atom stereocenters. The zero-order valence-electron chi connectivity index (χ0n) is 14.5. The lowest BCUT2D eigenvalue weighted by molar-refractivity contribution is 0.578. The van der Waals surface area contributed by atoms with Gasteiger partial charge in [-0.15, -0.1) is 0 Å². The largest absolute Gasteiger partial charge is 0.372 e. The van der Waals surface area contributed by atoms with Crippen molar-refractivity contribution in [1.82, 2.24) is 0 Å². The first-order valence-electron chi connectivity index (χ1n) is 9.02. The van der Waals surface area contributed by atoms with Gasteiger partial charge in [-0.3, -0.25) is 4.72 Å². The van der Waals surface area contributed by atoms with Crippen molar-refractivity contribution >= 4 is 21.4 Å². The van der Waals surface area contributed by atoms with E-state index in [1.165, 1.54) is 30.5 Å². The molecule has 0 unspecified atom stereocenters. The lowest BCUT2D eigenvalue weighted by atomic mass is 10.1. The topological polar surface area (TPSA) is 49.4 Å². The molecule has 0 bridgehead atoms. The molecule has 2 aromatic rings. The smallest absolute Gasteiger partial charge is 0.232 e. The third-order valence-corrected chi connectivity index (χ3v) is 5.96. The summed E-state index contributed by atoms with van der Waals surface area (Å²) in [4.78, 5) is 2.36. The molecule has 0 aliphatic carbocycles. The van der Waals surface area contributed by atoms with Gasteiger partial charge in [0.15, 0.2) is 0 Å². The van der Waals surface area contributed by atoms with Gasteiger partial charge in [0.1, 0.15) is 0 Å². The second kappa shape index (κ2) is 8.39. The van der Waals surface area contributed by atoms with E-state index in [1.54, 1.807) is 0 Å². The molecule has 0 radical (unpaired) electrons. The van der Waals surface area contributed by atoms with Crippen LogP contribution in [0.5, 0.6) is 0 Å². The number of sulfonamides is 1. The number of anilines is 2. The second-order valence-corrected chi connectivity index (χ2v) is 8.45. The fraction of sp³-hybridized carbons (Fsp3) is 0.400. The molecule has 134 valence electrons. The molecule has 5 heteroatoms. The van der Waals surface area contributed by atoms with E-state index in [1.807, 2.05) is 54.6 Å². The fourth-order valence-corrected chi connectivity index (χ4v) is 4.36. The molecular formula is C20H26N2O2S. The average molecular weight is 359 g/mol. The van der Waals surface area contributed by atoms with Gasteiger partial charge < -0.3 is 4.90 Å². The van der Waals surface area contributed by atoms with E-state index in [4.69, 9.17) is 0 Å². The lowest BCUT2D eigenvalue weighted by Crippen LogP contribution is -2.29. The van der Waals surface area contributed by atoms with Gasteiger partial charge in [-0.25, -0.2) is 8.42 Å². The quantitative estimate of drug-likeness (QED) is 0.812. The Hall–Kier alpha value is -2.01. The van der Waals surface area contributed by atoms with Gasteiger partial charge >= 0.3 is 0 Å². The first kappa shape index (κ1) is 17.8. The second-order valence-electron chi connectivity index (χ2n) is 6.60. The van der Waals surface area contributed by atoms with Crippen LogP contribution in [0.3, 0.4) is 0 Å². The summed E-state index contributed by atoms with van der Waals surface area (Å²) >= 11 is 0. The minimum absolute atomic E-state index is 0.135. The summed E-state index contributed by atoms with van der Waals surface area (Å²) < 4.78 is 27.2. The van der Waals surface area contributed by atoms with Crippen LogP contribution in [0, 0.1) is 0 Å². The number of aryl methyl sites for hydroxylation is 1. The lowest BCUT2D eigenvalue weighted by Gasteiger charge is -2.28. The molecule has 0 spiro atoms. The van der Waals surface area contributed by atoms with Crippen LogP contribution >= 0.6 is 0 Å². The van der Waals surface area contributed by atoms with E-state index in [0.29, 0.717) is 12.1 Å². The van der Waals surface area contributed by atoms with E-state index in [9.17, 15) is 8.42 Å². The van der Waals surface area contributed by atoms with Gasteiger partial charge in [0, 0.05) is 24.5 Å². The molecule has 0 saturated carbocycles. The highest BCUT2D eigenvalue weighted by atomic mass is 32.2. The Balaban J connectivity index is 1.51. The van der Waals surface area contributed by atoms with Crippen molar-refractivity contribution in [3.05, 3.63) is 60.2 Å². The first-order chi connectivity index (χ1) is 12.1. The van der Waals surface area contributed by atoms with E-state index < -0.39 is 10.0 Å². The maximum absolute atomic E-state index is 12.3. The molecule has 0 aromatic heterocycles. The van der Waals surface area contributed by atoms with Crippen molar-refractivity contribution in [1.29, 1.82) is 0 Å². The molecular weight excluding hydrogens is 332 g/mol. The van der Waals surface area contributed by atoms with Crippen LogP contribution in [0.4, 0.5) is 11.4 Å². The van der Waals surface area contributed by atoms with E-state index in [-0.39, 0.29) is 5.75 Å². The first-order valence-corrected chi connectivity index (χ1v) is 10.7. The SMILES string of the molecule is O=S(=O)(CCCc1ccccc1)Nc1ccc(N2CCCCC2)cc1. The number of rotatable bonds is 7. The number of benzene rings is 2. The third kappa shape index (κ3) is 5.49. The average Bonchev–Trinajstić information content (AvgIpc) is 2.63. The van der Waals surface area contributed by atoms with Crippen LogP contribution in [0.25, 0.3) is 0 Å². The molecule has 1 N–H and O–H groups in total. The number of hydrogen-bond acceptors (Lipinski definition) is 3. The third-order valence-electron chi connectivity index (χ3n) is 4.58. The minimum atomic E-state index is -3.31. The van der Waals surface area contributed by atoms with Crippen LogP contribution in [-0.4, -0.2) is 27.3 Å². The Labute approximate surface area is 150 Å². The van der Waals surface area contributed by atoms with Gasteiger partial charge in [0.05, 0.1) is 5.75 Å². The molecule has 0 amide bonds. The van der Waals surface area contributed by atoms with Crippen molar-refractivity contribution in [2.45, 2.75) is 32.1 Å². The molecule has 1 saturated heterocycles. The number of piperidine rings is 1. The monoisotopic (exact) mass is 358 g/mol. The Bertz CT molecular complexity index is 752. The van der Waals surface area contributed by atoms with Gasteiger partial charge in [0.25, 0.3) is 0 Å². The fourth-order valence-electron chi connectivity index (χ4n) is 3.23. The predicted octanol–water partition coefficient (Wildman–Crippen LogP) is 4.05. The summed E-state index contributed by atoms with van der Waals surface area (Å²) in [7, 11) is -3.31. The van der Waals surface area contributed by atoms with Crippen LogP contribution in [0.2, 0.25) is 0 Å². The summed E-state index contributed by atoms with van der Waals surface area (Å²) in [6, 6.07) is 17.7. The van der Waals surface area contributed by atoms with Crippen LogP contribution in [-0.2, 0) is 16.4 Å². The summed E-state index contributed by atoms with van der Waals surface area (Å²) in [6.45, 7) is 2.18. The molecule has 25 heavy (non-hydrogen) atoms. The molecule has 4 nitrogen and oxygen atoms in total. The summed E-state index contributed by atoms with van der Waals surface area (Å²) in [5.74, 6) is 0.135. The number of nitrogens with one attached hydrogen (secondary N) is 1. The maximum atomic E-state index is 12.3. The van der Waals surface area contributed by atoms with Crippen molar-refractivity contribution in [2.75, 3.05) is 28.5 Å². The highest BCUT2D eigenvalue weighted by molar-refractivity contribution is 7.92. The van der Waals surface area contributed by atoms with E-state index >= 15 is 0 Å². The maximum Gasteiger partial charge on any atom is 0.232 e. The standard InChI is InChI=1S/C20H26N2O2S/c23-25(24,17-7-10-18-8-3-1-4-9-18)21-19-11-13-20(14-12-19)22-15-5-2-6-16-22/h1,3-4,8-9,11-14,21H,2,5-7,10,15-17H2. The van der Waals surface area contributed by atoms with Gasteiger partial charge in [-0.2, -0.15) is 0 Å². The van der Waals surface area contributed by atoms with E-state index in [0.717, 1.165) is 19.5 Å². The van der Waals surface area contributed by atoms with Crippen molar-refractivity contribution in [2.24, 2.45) is 0 Å². The predicted molar refractivity (Wildman–Crippen MR) is 105 cm³/mol. The molecule has 1 heterocycles. The van der Waals surface area contributed by atoms with E-state index in [2.05, 4.69) is 9.62 Å².